The topological polar surface area (TPSA) is 126 Å². The van der Waals surface area contributed by atoms with Crippen LogP contribution >= 0.6 is 0 Å². The van der Waals surface area contributed by atoms with Crippen LogP contribution in [0.1, 0.15) is 55.2 Å². The number of amides is 4. The molecule has 10 nitrogen and oxygen atoms in total. The summed E-state index contributed by atoms with van der Waals surface area (Å²) in [7, 11) is 0. The van der Waals surface area contributed by atoms with Gasteiger partial charge < -0.3 is 20.3 Å². The third-order valence-corrected chi connectivity index (χ3v) is 6.03. The maximum atomic E-state index is 12.9. The Kier molecular flexibility index (Phi) is 7.18. The molecule has 1 aliphatic carbocycles. The lowest BCUT2D eigenvalue weighted by Crippen LogP contribution is -2.48. The normalized spacial score (nSPS) is 16.4. The molecule has 1 fully saturated rings. The van der Waals surface area contributed by atoms with Gasteiger partial charge in [0.1, 0.15) is 5.60 Å². The third kappa shape index (κ3) is 6.46. The Morgan fingerprint density at radius 1 is 0.943 bits per heavy atom. The predicted molar refractivity (Wildman–Crippen MR) is 130 cm³/mol. The molecule has 0 spiro atoms. The van der Waals surface area contributed by atoms with Crippen LogP contribution in [0.2, 0.25) is 0 Å². The van der Waals surface area contributed by atoms with Crippen molar-refractivity contribution in [2.24, 2.45) is 0 Å². The van der Waals surface area contributed by atoms with Crippen LogP contribution in [0.25, 0.3) is 0 Å². The van der Waals surface area contributed by atoms with E-state index in [0.29, 0.717) is 25.9 Å². The highest BCUT2D eigenvalue weighted by molar-refractivity contribution is 6.00. The zero-order valence-electron chi connectivity index (χ0n) is 20.3. The fourth-order valence-electron chi connectivity index (χ4n) is 4.39. The van der Waals surface area contributed by atoms with E-state index < -0.39 is 11.7 Å². The number of carbonyl (C=O) groups excluding carboxylic acids is 3. The smallest absolute Gasteiger partial charge is 0.407 e. The number of hydrogen-bond donors (Lipinski definition) is 3. The van der Waals surface area contributed by atoms with Crippen molar-refractivity contribution in [2.45, 2.75) is 64.1 Å². The third-order valence-electron chi connectivity index (χ3n) is 6.03. The average Bonchev–Trinajstić information content (AvgIpc) is 3.21. The van der Waals surface area contributed by atoms with Crippen molar-refractivity contribution >= 4 is 23.8 Å². The van der Waals surface area contributed by atoms with Crippen LogP contribution < -0.4 is 16.0 Å². The van der Waals surface area contributed by atoms with Gasteiger partial charge in [0.2, 0.25) is 0 Å². The number of rotatable bonds is 4. The van der Waals surface area contributed by atoms with Gasteiger partial charge in [0.15, 0.2) is 11.5 Å². The van der Waals surface area contributed by atoms with Gasteiger partial charge in [0.05, 0.1) is 0 Å². The molecule has 0 radical (unpaired) electrons. The first-order valence-electron chi connectivity index (χ1n) is 11.9. The van der Waals surface area contributed by atoms with E-state index in [2.05, 4.69) is 38.1 Å². The highest BCUT2D eigenvalue weighted by Gasteiger charge is 2.28. The van der Waals surface area contributed by atoms with Gasteiger partial charge in [-0.1, -0.05) is 24.3 Å². The molecule has 0 saturated carbocycles. The summed E-state index contributed by atoms with van der Waals surface area (Å²) in [4.78, 5) is 47.8. The van der Waals surface area contributed by atoms with E-state index in [4.69, 9.17) is 4.74 Å². The first kappa shape index (κ1) is 24.4. The number of nitrogens with one attached hydrogen (secondary N) is 3. The van der Waals surface area contributed by atoms with Crippen LogP contribution in [-0.4, -0.2) is 63.7 Å². The second-order valence-corrected chi connectivity index (χ2v) is 9.94. The van der Waals surface area contributed by atoms with Gasteiger partial charge in [0.25, 0.3) is 5.91 Å². The lowest BCUT2D eigenvalue weighted by molar-refractivity contribution is 0.0486. The molecule has 1 aromatic carbocycles. The molecule has 0 unspecified atom stereocenters. The maximum absolute atomic E-state index is 12.9. The first-order chi connectivity index (χ1) is 16.7. The van der Waals surface area contributed by atoms with E-state index >= 15 is 0 Å². The zero-order chi connectivity index (χ0) is 25.0. The van der Waals surface area contributed by atoms with Crippen LogP contribution in [0, 0.1) is 0 Å². The van der Waals surface area contributed by atoms with E-state index in [1.165, 1.54) is 23.5 Å². The molecule has 0 atom stereocenters. The quantitative estimate of drug-likeness (QED) is 0.618. The molecule has 4 rings (SSSR count). The van der Waals surface area contributed by atoms with Gasteiger partial charge in [0, 0.05) is 37.6 Å². The van der Waals surface area contributed by atoms with Gasteiger partial charge in [-0.2, -0.15) is 0 Å². The summed E-state index contributed by atoms with van der Waals surface area (Å²) in [6.45, 7) is 6.34. The van der Waals surface area contributed by atoms with Crippen molar-refractivity contribution in [1.29, 1.82) is 0 Å². The Bertz CT molecular complexity index is 1070. The monoisotopic (exact) mass is 480 g/mol. The molecule has 1 aromatic heterocycles. The second kappa shape index (κ2) is 10.3. The summed E-state index contributed by atoms with van der Waals surface area (Å²) in [6.07, 6.45) is 5.13. The number of urea groups is 1. The van der Waals surface area contributed by atoms with E-state index in [1.54, 1.807) is 4.90 Å². The molecular weight excluding hydrogens is 448 g/mol. The van der Waals surface area contributed by atoms with Crippen molar-refractivity contribution in [1.82, 2.24) is 25.5 Å². The number of aromatic nitrogens is 2. The Hall–Kier alpha value is -3.69. The molecule has 2 aliphatic rings. The summed E-state index contributed by atoms with van der Waals surface area (Å²) in [5, 5.41) is 8.60. The molecular formula is C25H32N6O4. The van der Waals surface area contributed by atoms with E-state index in [1.807, 2.05) is 32.9 Å². The van der Waals surface area contributed by atoms with Gasteiger partial charge in [-0.05, 0) is 57.6 Å². The number of hydrogen-bond acceptors (Lipinski definition) is 6. The maximum Gasteiger partial charge on any atom is 0.407 e. The van der Waals surface area contributed by atoms with E-state index in [-0.39, 0.29) is 35.5 Å². The molecule has 4 amide bonds. The summed E-state index contributed by atoms with van der Waals surface area (Å²) < 4.78 is 5.30. The fourth-order valence-corrected chi connectivity index (χ4v) is 4.39. The van der Waals surface area contributed by atoms with Gasteiger partial charge in [-0.25, -0.2) is 19.6 Å². The Labute approximate surface area is 204 Å². The molecule has 3 N–H and O–H groups in total. The summed E-state index contributed by atoms with van der Waals surface area (Å²) in [5.41, 5.74) is 1.98. The van der Waals surface area contributed by atoms with Crippen molar-refractivity contribution in [3.63, 3.8) is 0 Å². The van der Waals surface area contributed by atoms with Crippen LogP contribution in [-0.2, 0) is 17.6 Å². The minimum atomic E-state index is -0.562. The lowest BCUT2D eigenvalue weighted by atomic mass is 10.1. The van der Waals surface area contributed by atoms with Crippen molar-refractivity contribution < 1.29 is 19.1 Å². The number of anilines is 1. The lowest BCUT2D eigenvalue weighted by Gasteiger charge is -2.32. The van der Waals surface area contributed by atoms with Gasteiger partial charge in [-0.15, -0.1) is 0 Å². The standard InChI is InChI=1S/C25H32N6O4/c1-25(2,3)35-24(34)29-18-8-12-31(13-9-18)23(33)30-21-20(26-10-11-27-21)22(32)28-19-14-16-6-4-5-7-17(16)15-19/h4-7,10-11,18-19H,8-9,12-15H2,1-3H3,(H,28,32)(H,29,34)(H,27,30,33). The second-order valence-electron chi connectivity index (χ2n) is 9.94. The summed E-state index contributed by atoms with van der Waals surface area (Å²) >= 11 is 0. The SMILES string of the molecule is CC(C)(C)OC(=O)NC1CCN(C(=O)Nc2nccnc2C(=O)NC2Cc3ccccc3C2)CC1. The predicted octanol–water partition coefficient (Wildman–Crippen LogP) is 2.89. The van der Waals surface area contributed by atoms with Crippen LogP contribution in [0.4, 0.5) is 15.4 Å². The average molecular weight is 481 g/mol. The van der Waals surface area contributed by atoms with Gasteiger partial charge >= 0.3 is 12.1 Å². The van der Waals surface area contributed by atoms with Gasteiger partial charge in [-0.3, -0.25) is 10.1 Å². The highest BCUT2D eigenvalue weighted by Crippen LogP contribution is 2.22. The number of piperidine rings is 1. The van der Waals surface area contributed by atoms with Crippen LogP contribution in [0.15, 0.2) is 36.7 Å². The molecule has 1 aliphatic heterocycles. The zero-order valence-corrected chi connectivity index (χ0v) is 20.3. The number of fused-ring (bicyclic) bond motifs is 1. The number of likely N-dealkylation sites (tertiary alicyclic amines) is 1. The minimum Gasteiger partial charge on any atom is -0.444 e. The molecule has 1 saturated heterocycles. The number of carbonyl (C=O) groups is 3. The Morgan fingerprint density at radius 2 is 1.57 bits per heavy atom. The Morgan fingerprint density at radius 3 is 2.20 bits per heavy atom. The van der Waals surface area contributed by atoms with Crippen LogP contribution in [0.3, 0.4) is 0 Å². The van der Waals surface area contributed by atoms with Crippen molar-refractivity contribution in [3.8, 4) is 0 Å². The number of nitrogens with zero attached hydrogens (tertiary/aromatic N) is 3. The number of alkyl carbamates (subject to hydrolysis) is 1. The number of benzene rings is 1. The minimum absolute atomic E-state index is 0.0260. The van der Waals surface area contributed by atoms with Crippen molar-refractivity contribution in [3.05, 3.63) is 53.5 Å². The van der Waals surface area contributed by atoms with Crippen LogP contribution in [0.5, 0.6) is 0 Å². The molecule has 2 heterocycles. The van der Waals surface area contributed by atoms with E-state index in [0.717, 1.165) is 12.8 Å². The largest absolute Gasteiger partial charge is 0.444 e. The molecule has 35 heavy (non-hydrogen) atoms. The fraction of sp³-hybridized carbons (Fsp3) is 0.480. The summed E-state index contributed by atoms with van der Waals surface area (Å²) in [5.74, 6) is -0.244. The summed E-state index contributed by atoms with van der Waals surface area (Å²) in [6, 6.07) is 7.68. The Balaban J connectivity index is 1.30. The molecule has 2 aromatic rings. The number of ether oxygens (including phenoxy) is 1. The van der Waals surface area contributed by atoms with E-state index in [9.17, 15) is 14.4 Å². The molecule has 10 heteroatoms. The molecule has 0 bridgehead atoms. The highest BCUT2D eigenvalue weighted by atomic mass is 16.6. The first-order valence-corrected chi connectivity index (χ1v) is 11.9. The van der Waals surface area contributed by atoms with Crippen molar-refractivity contribution in [2.75, 3.05) is 18.4 Å². The molecule has 186 valence electrons.